The fraction of sp³-hybridized carbons (Fsp3) is 0.400. The van der Waals surface area contributed by atoms with Gasteiger partial charge in [0.15, 0.2) is 0 Å². The second-order valence-corrected chi connectivity index (χ2v) is 3.01. The lowest BCUT2D eigenvalue weighted by atomic mass is 10.1. The molecule has 0 unspecified atom stereocenters. The van der Waals surface area contributed by atoms with Crippen LogP contribution in [0.3, 0.4) is 0 Å². The Labute approximate surface area is 78.2 Å². The molecule has 1 amide bonds. The highest BCUT2D eigenvalue weighted by atomic mass is 16.1. The minimum Gasteiger partial charge on any atom is -0.325 e. The van der Waals surface area contributed by atoms with Crippen LogP contribution >= 0.6 is 0 Å². The Hall–Kier alpha value is -1.38. The fourth-order valence-electron chi connectivity index (χ4n) is 1.24. The third-order valence-electron chi connectivity index (χ3n) is 2.01. The highest BCUT2D eigenvalue weighted by Gasteiger charge is 2.03. The SMILES string of the molecule is CCc1cncc(NC(C)=O)c1C. The number of carbonyl (C=O) groups excluding carboxylic acids is 1. The summed E-state index contributed by atoms with van der Waals surface area (Å²) in [5.74, 6) is -0.0573. The van der Waals surface area contributed by atoms with Gasteiger partial charge in [-0.2, -0.15) is 0 Å². The van der Waals surface area contributed by atoms with Crippen LogP contribution in [0.2, 0.25) is 0 Å². The van der Waals surface area contributed by atoms with Gasteiger partial charge in [0.25, 0.3) is 0 Å². The number of aryl methyl sites for hydroxylation is 1. The minimum absolute atomic E-state index is 0.0573. The molecule has 1 rings (SSSR count). The van der Waals surface area contributed by atoms with Gasteiger partial charge in [-0.25, -0.2) is 0 Å². The molecule has 0 saturated heterocycles. The highest BCUT2D eigenvalue weighted by molar-refractivity contribution is 5.89. The molecule has 0 spiro atoms. The van der Waals surface area contributed by atoms with Crippen molar-refractivity contribution < 1.29 is 4.79 Å². The van der Waals surface area contributed by atoms with Gasteiger partial charge in [0.2, 0.25) is 5.91 Å². The minimum atomic E-state index is -0.0573. The van der Waals surface area contributed by atoms with Crippen molar-refractivity contribution in [2.24, 2.45) is 0 Å². The molecule has 1 heterocycles. The van der Waals surface area contributed by atoms with Crippen LogP contribution in [0.25, 0.3) is 0 Å². The average molecular weight is 178 g/mol. The number of anilines is 1. The topological polar surface area (TPSA) is 42.0 Å². The van der Waals surface area contributed by atoms with E-state index >= 15 is 0 Å². The molecule has 0 radical (unpaired) electrons. The maximum Gasteiger partial charge on any atom is 0.221 e. The summed E-state index contributed by atoms with van der Waals surface area (Å²) in [6, 6.07) is 0. The van der Waals surface area contributed by atoms with E-state index in [0.29, 0.717) is 0 Å². The Morgan fingerprint density at radius 3 is 2.77 bits per heavy atom. The molecule has 0 aliphatic rings. The molecule has 1 N–H and O–H groups in total. The number of aromatic nitrogens is 1. The van der Waals surface area contributed by atoms with Crippen LogP contribution in [0.1, 0.15) is 25.0 Å². The third-order valence-corrected chi connectivity index (χ3v) is 2.01. The van der Waals surface area contributed by atoms with Crippen LogP contribution < -0.4 is 5.32 Å². The first-order chi connectivity index (χ1) is 6.15. The van der Waals surface area contributed by atoms with Crippen molar-refractivity contribution in [3.8, 4) is 0 Å². The third kappa shape index (κ3) is 2.28. The van der Waals surface area contributed by atoms with Crippen molar-refractivity contribution in [2.75, 3.05) is 5.32 Å². The van der Waals surface area contributed by atoms with E-state index in [1.807, 2.05) is 13.1 Å². The second-order valence-electron chi connectivity index (χ2n) is 3.01. The van der Waals surface area contributed by atoms with Crippen LogP contribution in [0.15, 0.2) is 12.4 Å². The largest absolute Gasteiger partial charge is 0.325 e. The lowest BCUT2D eigenvalue weighted by Gasteiger charge is -2.08. The summed E-state index contributed by atoms with van der Waals surface area (Å²) in [6.07, 6.45) is 4.45. The number of nitrogens with zero attached hydrogens (tertiary/aromatic N) is 1. The Morgan fingerprint density at radius 1 is 1.54 bits per heavy atom. The predicted octanol–water partition coefficient (Wildman–Crippen LogP) is 1.91. The van der Waals surface area contributed by atoms with Gasteiger partial charge >= 0.3 is 0 Å². The van der Waals surface area contributed by atoms with Gasteiger partial charge in [0.05, 0.1) is 11.9 Å². The molecular weight excluding hydrogens is 164 g/mol. The highest BCUT2D eigenvalue weighted by Crippen LogP contribution is 2.17. The first-order valence-electron chi connectivity index (χ1n) is 4.36. The standard InChI is InChI=1S/C10H14N2O/c1-4-9-5-11-6-10(7(9)2)12-8(3)13/h5-6H,4H2,1-3H3,(H,12,13). The zero-order valence-electron chi connectivity index (χ0n) is 8.22. The molecule has 0 aliphatic carbocycles. The van der Waals surface area contributed by atoms with E-state index in [1.54, 1.807) is 6.20 Å². The molecule has 0 saturated carbocycles. The van der Waals surface area contributed by atoms with E-state index in [0.717, 1.165) is 17.7 Å². The van der Waals surface area contributed by atoms with Gasteiger partial charge in [-0.3, -0.25) is 9.78 Å². The van der Waals surface area contributed by atoms with Crippen molar-refractivity contribution in [3.05, 3.63) is 23.5 Å². The summed E-state index contributed by atoms with van der Waals surface area (Å²) in [5, 5.41) is 2.75. The molecule has 0 aliphatic heterocycles. The van der Waals surface area contributed by atoms with E-state index in [9.17, 15) is 4.79 Å². The zero-order chi connectivity index (χ0) is 9.84. The van der Waals surface area contributed by atoms with Gasteiger partial charge in [-0.05, 0) is 24.5 Å². The maximum absolute atomic E-state index is 10.8. The maximum atomic E-state index is 10.8. The van der Waals surface area contributed by atoms with Gasteiger partial charge in [-0.1, -0.05) is 6.92 Å². The molecule has 1 aromatic heterocycles. The molecule has 0 atom stereocenters. The smallest absolute Gasteiger partial charge is 0.221 e. The Kier molecular flexibility index (Phi) is 3.01. The van der Waals surface area contributed by atoms with Crippen molar-refractivity contribution >= 4 is 11.6 Å². The molecular formula is C10H14N2O. The number of carbonyl (C=O) groups is 1. The molecule has 70 valence electrons. The van der Waals surface area contributed by atoms with E-state index in [4.69, 9.17) is 0 Å². The van der Waals surface area contributed by atoms with Crippen molar-refractivity contribution in [1.29, 1.82) is 0 Å². The molecule has 0 bridgehead atoms. The summed E-state index contributed by atoms with van der Waals surface area (Å²) in [4.78, 5) is 14.9. The summed E-state index contributed by atoms with van der Waals surface area (Å²) in [7, 11) is 0. The summed E-state index contributed by atoms with van der Waals surface area (Å²) in [5.41, 5.74) is 3.09. The molecule has 13 heavy (non-hydrogen) atoms. The molecule has 0 fully saturated rings. The zero-order valence-corrected chi connectivity index (χ0v) is 8.22. The summed E-state index contributed by atoms with van der Waals surface area (Å²) < 4.78 is 0. The fourth-order valence-corrected chi connectivity index (χ4v) is 1.24. The number of rotatable bonds is 2. The van der Waals surface area contributed by atoms with E-state index in [2.05, 4.69) is 17.2 Å². The van der Waals surface area contributed by atoms with Gasteiger partial charge < -0.3 is 5.32 Å². The normalized spacial score (nSPS) is 9.77. The van der Waals surface area contributed by atoms with Crippen LogP contribution in [0, 0.1) is 6.92 Å². The lowest BCUT2D eigenvalue weighted by molar-refractivity contribution is -0.114. The van der Waals surface area contributed by atoms with E-state index < -0.39 is 0 Å². The lowest BCUT2D eigenvalue weighted by Crippen LogP contribution is -2.08. The van der Waals surface area contributed by atoms with E-state index in [-0.39, 0.29) is 5.91 Å². The first kappa shape index (κ1) is 9.71. The van der Waals surface area contributed by atoms with Crippen LogP contribution in [-0.2, 0) is 11.2 Å². The quantitative estimate of drug-likeness (QED) is 0.751. The molecule has 3 heteroatoms. The Bertz CT molecular complexity index is 321. The van der Waals surface area contributed by atoms with Gasteiger partial charge in [-0.15, -0.1) is 0 Å². The Morgan fingerprint density at radius 2 is 2.23 bits per heavy atom. The van der Waals surface area contributed by atoms with Crippen molar-refractivity contribution in [2.45, 2.75) is 27.2 Å². The Balaban J connectivity index is 3.01. The first-order valence-corrected chi connectivity index (χ1v) is 4.36. The summed E-state index contributed by atoms with van der Waals surface area (Å²) in [6.45, 7) is 5.56. The molecule has 3 nitrogen and oxygen atoms in total. The molecule has 1 aromatic rings. The average Bonchev–Trinajstić information content (AvgIpc) is 2.08. The number of hydrogen-bond donors (Lipinski definition) is 1. The van der Waals surface area contributed by atoms with Gasteiger partial charge in [0.1, 0.15) is 0 Å². The number of nitrogens with one attached hydrogen (secondary N) is 1. The van der Waals surface area contributed by atoms with E-state index in [1.165, 1.54) is 12.5 Å². The van der Waals surface area contributed by atoms with Crippen LogP contribution in [0.4, 0.5) is 5.69 Å². The van der Waals surface area contributed by atoms with Crippen LogP contribution in [-0.4, -0.2) is 10.9 Å². The van der Waals surface area contributed by atoms with Crippen LogP contribution in [0.5, 0.6) is 0 Å². The number of pyridine rings is 1. The monoisotopic (exact) mass is 178 g/mol. The number of amides is 1. The molecule has 0 aromatic carbocycles. The number of hydrogen-bond acceptors (Lipinski definition) is 2. The predicted molar refractivity (Wildman–Crippen MR) is 52.7 cm³/mol. The summed E-state index contributed by atoms with van der Waals surface area (Å²) >= 11 is 0. The van der Waals surface area contributed by atoms with Crippen molar-refractivity contribution in [1.82, 2.24) is 4.98 Å². The second kappa shape index (κ2) is 4.03. The van der Waals surface area contributed by atoms with Crippen molar-refractivity contribution in [3.63, 3.8) is 0 Å². The van der Waals surface area contributed by atoms with Gasteiger partial charge in [0, 0.05) is 13.1 Å².